The average Bonchev–Trinajstić information content (AvgIpc) is 1.60. The molecule has 0 fully saturated rings. The van der Waals surface area contributed by atoms with Crippen molar-refractivity contribution in [2.45, 2.75) is 6.92 Å². The molecule has 0 saturated carbocycles. The molecular formula is C2H14Na2O7P2. The van der Waals surface area contributed by atoms with Crippen molar-refractivity contribution in [1.29, 1.82) is 0 Å². The molecule has 13 heavy (non-hydrogen) atoms. The molecule has 0 aromatic rings. The van der Waals surface area contributed by atoms with E-state index in [9.17, 15) is 0 Å². The van der Waals surface area contributed by atoms with Gasteiger partial charge in [0.25, 0.3) is 0 Å². The van der Waals surface area contributed by atoms with Gasteiger partial charge in [0.2, 0.25) is 0 Å². The maximum absolute atomic E-state index is 8.74. The van der Waals surface area contributed by atoms with Crippen LogP contribution in [0, 0.1) is 0 Å². The molecule has 0 bridgehead atoms. The minimum atomic E-state index is -3.13. The van der Waals surface area contributed by atoms with Crippen LogP contribution in [0.15, 0.2) is 0 Å². The van der Waals surface area contributed by atoms with Gasteiger partial charge < -0.3 is 24.7 Å². The fourth-order valence-corrected chi connectivity index (χ4v) is 0. The molecule has 7 nitrogen and oxygen atoms in total. The van der Waals surface area contributed by atoms with E-state index in [0.29, 0.717) is 0 Å². The molecule has 0 aromatic heterocycles. The van der Waals surface area contributed by atoms with Crippen LogP contribution in [0.3, 0.4) is 0 Å². The van der Waals surface area contributed by atoms with Gasteiger partial charge in [0.15, 0.2) is 0 Å². The van der Waals surface area contributed by atoms with Crippen LogP contribution in [0.4, 0.5) is 0 Å². The van der Waals surface area contributed by atoms with Crippen LogP contribution >= 0.6 is 16.5 Å². The summed E-state index contributed by atoms with van der Waals surface area (Å²) in [6, 6.07) is 0. The van der Waals surface area contributed by atoms with Gasteiger partial charge in [0, 0.05) is 6.61 Å². The molecule has 0 aliphatic carbocycles. The first-order valence-corrected chi connectivity index (χ1v) is 4.93. The van der Waals surface area contributed by atoms with E-state index in [2.05, 4.69) is 0 Å². The summed E-state index contributed by atoms with van der Waals surface area (Å²) in [4.78, 5) is 28.6. The fourth-order valence-electron chi connectivity index (χ4n) is 0. The predicted octanol–water partition coefficient (Wildman–Crippen LogP) is -2.58. The van der Waals surface area contributed by atoms with E-state index in [-0.39, 0.29) is 65.7 Å². The molecule has 0 atom stereocenters. The van der Waals surface area contributed by atoms with Crippen LogP contribution in [0.25, 0.3) is 0 Å². The standard InChI is InChI=1S/C2H6O.2Na.2H3O3P.2H/c1-2-3;;;2*1-4(2)3;;/h3H,2H2,1H3;;;2*4H,(H2,1,2,3);;. The van der Waals surface area contributed by atoms with E-state index in [1.807, 2.05) is 0 Å². The molecule has 0 unspecified atom stereocenters. The van der Waals surface area contributed by atoms with E-state index < -0.39 is 16.5 Å². The van der Waals surface area contributed by atoms with Gasteiger partial charge in [-0.1, -0.05) is 0 Å². The zero-order valence-corrected chi connectivity index (χ0v) is 7.76. The van der Waals surface area contributed by atoms with Gasteiger partial charge in [0.05, 0.1) is 0 Å². The van der Waals surface area contributed by atoms with Gasteiger partial charge >= 0.3 is 75.6 Å². The third-order valence-corrected chi connectivity index (χ3v) is 0. The molecule has 0 radical (unpaired) electrons. The quantitative estimate of drug-likeness (QED) is 0.238. The first-order valence-electron chi connectivity index (χ1n) is 2.33. The van der Waals surface area contributed by atoms with Crippen LogP contribution in [-0.2, 0) is 9.13 Å². The normalized spacial score (nSPS) is 6.77. The maximum atomic E-state index is 8.74. The molecule has 0 aromatic carbocycles. The van der Waals surface area contributed by atoms with Crippen molar-refractivity contribution in [3.8, 4) is 0 Å². The zero-order valence-electron chi connectivity index (χ0n) is 5.76. The van der Waals surface area contributed by atoms with Crippen molar-refractivity contribution in [2.75, 3.05) is 6.61 Å². The Hall–Kier alpha value is 2.26. The van der Waals surface area contributed by atoms with Crippen LogP contribution in [0.5, 0.6) is 0 Å². The Morgan fingerprint density at radius 2 is 0.923 bits per heavy atom. The van der Waals surface area contributed by atoms with E-state index in [0.717, 1.165) is 0 Å². The molecule has 0 heterocycles. The Balaban J connectivity index is -0.0000000231. The Morgan fingerprint density at radius 1 is 0.923 bits per heavy atom. The van der Waals surface area contributed by atoms with Crippen LogP contribution in [0.1, 0.15) is 6.92 Å². The van der Waals surface area contributed by atoms with Crippen molar-refractivity contribution in [1.82, 2.24) is 0 Å². The molecule has 0 amide bonds. The molecule has 0 aliphatic rings. The number of aliphatic hydroxyl groups excluding tert-OH is 1. The van der Waals surface area contributed by atoms with Crippen molar-refractivity contribution >= 4 is 75.6 Å². The zero-order chi connectivity index (χ0) is 9.86. The van der Waals surface area contributed by atoms with Crippen molar-refractivity contribution in [3.05, 3.63) is 0 Å². The van der Waals surface area contributed by atoms with Crippen LogP contribution in [-0.4, -0.2) is 90.4 Å². The summed E-state index contributed by atoms with van der Waals surface area (Å²) in [6.07, 6.45) is 0. The van der Waals surface area contributed by atoms with Crippen LogP contribution < -0.4 is 0 Å². The average molecular weight is 258 g/mol. The molecular weight excluding hydrogens is 244 g/mol. The van der Waals surface area contributed by atoms with Gasteiger partial charge in [-0.05, 0) is 6.92 Å². The van der Waals surface area contributed by atoms with Gasteiger partial charge in [-0.2, -0.15) is 0 Å². The first-order chi connectivity index (χ1) is 4.88. The molecule has 0 spiro atoms. The summed E-state index contributed by atoms with van der Waals surface area (Å²) in [7, 11) is -6.26. The van der Waals surface area contributed by atoms with Crippen molar-refractivity contribution in [3.63, 3.8) is 0 Å². The molecule has 76 valence electrons. The number of hydrogen-bond acceptors (Lipinski definition) is 3. The van der Waals surface area contributed by atoms with Gasteiger partial charge in [0.1, 0.15) is 0 Å². The second kappa shape index (κ2) is 29.2. The predicted molar refractivity (Wildman–Crippen MR) is 53.9 cm³/mol. The van der Waals surface area contributed by atoms with Gasteiger partial charge in [-0.15, -0.1) is 0 Å². The summed E-state index contributed by atoms with van der Waals surface area (Å²) >= 11 is 0. The molecule has 0 saturated heterocycles. The molecule has 5 N–H and O–H groups in total. The Bertz CT molecular complexity index is 90.7. The van der Waals surface area contributed by atoms with Crippen LogP contribution in [0.2, 0.25) is 0 Å². The summed E-state index contributed by atoms with van der Waals surface area (Å²) in [5.41, 5.74) is 0. The van der Waals surface area contributed by atoms with E-state index in [1.165, 1.54) is 0 Å². The minimum absolute atomic E-state index is 0. The fraction of sp³-hybridized carbons (Fsp3) is 1.00. The second-order valence-corrected chi connectivity index (χ2v) is 2.01. The number of hydrogen-bond donors (Lipinski definition) is 5. The summed E-state index contributed by atoms with van der Waals surface area (Å²) in [6.45, 7) is 1.93. The number of aliphatic hydroxyl groups is 1. The third kappa shape index (κ3) is 420. The van der Waals surface area contributed by atoms with Crippen molar-refractivity contribution < 1.29 is 33.8 Å². The second-order valence-electron chi connectivity index (χ2n) is 0.881. The Kier molecular flexibility index (Phi) is 66.3. The topological polar surface area (TPSA) is 135 Å². The molecule has 0 rings (SSSR count). The van der Waals surface area contributed by atoms with E-state index >= 15 is 0 Å². The number of rotatable bonds is 0. The monoisotopic (exact) mass is 258 g/mol. The SMILES string of the molecule is CCO.O=[PH](O)O.O=[PH](O)O.[NaH].[NaH]. The Labute approximate surface area is 122 Å². The van der Waals surface area contributed by atoms with Gasteiger partial charge in [-0.25, -0.2) is 0 Å². The van der Waals surface area contributed by atoms with E-state index in [4.69, 9.17) is 33.8 Å². The molecule has 0 aliphatic heterocycles. The summed E-state index contributed by atoms with van der Waals surface area (Å²) in [5.74, 6) is 0. The third-order valence-electron chi connectivity index (χ3n) is 0. The first kappa shape index (κ1) is 29.5. The molecule has 11 heteroatoms. The van der Waals surface area contributed by atoms with Gasteiger partial charge in [-0.3, -0.25) is 9.13 Å². The van der Waals surface area contributed by atoms with E-state index in [1.54, 1.807) is 6.92 Å². The Morgan fingerprint density at radius 3 is 0.923 bits per heavy atom. The summed E-state index contributed by atoms with van der Waals surface area (Å²) in [5, 5.41) is 7.57. The summed E-state index contributed by atoms with van der Waals surface area (Å²) < 4.78 is 17.5. The van der Waals surface area contributed by atoms with Crippen molar-refractivity contribution in [2.24, 2.45) is 0 Å².